The Morgan fingerprint density at radius 2 is 1.96 bits per heavy atom. The molecule has 3 aromatic rings. The third-order valence-corrected chi connectivity index (χ3v) is 3.81. The normalized spacial score (nSPS) is 11.3. The number of benzene rings is 1. The fraction of sp³-hybridized carbons (Fsp3) is 0. The minimum absolute atomic E-state index is 0. The van der Waals surface area contributed by atoms with Gasteiger partial charge in [0.1, 0.15) is 11.5 Å². The van der Waals surface area contributed by atoms with Gasteiger partial charge in [-0.05, 0) is 18.2 Å². The van der Waals surface area contributed by atoms with Crippen LogP contribution < -0.4 is 35.0 Å². The number of hydrogen-bond donors (Lipinski definition) is 2. The number of carbonyl (C=O) groups is 1. The molecule has 0 atom stereocenters. The van der Waals surface area contributed by atoms with Crippen molar-refractivity contribution in [3.8, 4) is 11.3 Å². The van der Waals surface area contributed by atoms with Crippen LogP contribution in [-0.2, 0) is 10.1 Å². The zero-order valence-electron chi connectivity index (χ0n) is 13.5. The number of nitrogens with one attached hydrogen (secondary N) is 2. The minimum atomic E-state index is -4.67. The quantitative estimate of drug-likeness (QED) is 0.234. The van der Waals surface area contributed by atoms with Crippen LogP contribution in [0.15, 0.2) is 63.1 Å². The van der Waals surface area contributed by atoms with E-state index < -0.39 is 21.1 Å². The van der Waals surface area contributed by atoms with Crippen LogP contribution in [0.3, 0.4) is 0 Å². The van der Waals surface area contributed by atoms with Gasteiger partial charge in [-0.3, -0.25) is 9.89 Å². The van der Waals surface area contributed by atoms with E-state index in [0.29, 0.717) is 5.69 Å². The average Bonchev–Trinajstić information content (AvgIpc) is 3.25. The van der Waals surface area contributed by atoms with Crippen LogP contribution in [0.5, 0.6) is 0 Å². The van der Waals surface area contributed by atoms with E-state index in [1.165, 1.54) is 6.07 Å². The molecule has 0 saturated heterocycles. The van der Waals surface area contributed by atoms with Crippen molar-refractivity contribution in [2.75, 3.05) is 0 Å². The Kier molecular flexibility index (Phi) is 6.51. The maximum Gasteiger partial charge on any atom is 1.00 e. The Bertz CT molecular complexity index is 1030. The van der Waals surface area contributed by atoms with Crippen LogP contribution in [0, 0.1) is 0 Å². The molecule has 1 amide bonds. The first-order valence-corrected chi connectivity index (χ1v) is 8.34. The number of amides is 1. The topological polar surface area (TPSA) is 140 Å². The Morgan fingerprint density at radius 1 is 1.23 bits per heavy atom. The Labute approximate surface area is 170 Å². The number of H-pyrrole nitrogens is 1. The number of carbonyl (C=O) groups excluding carboxylic acids is 1. The van der Waals surface area contributed by atoms with Crippen molar-refractivity contribution in [3.05, 3.63) is 60.0 Å². The summed E-state index contributed by atoms with van der Waals surface area (Å²) in [6, 6.07) is 13.1. The van der Waals surface area contributed by atoms with Gasteiger partial charge in [-0.2, -0.15) is 10.2 Å². The summed E-state index contributed by atoms with van der Waals surface area (Å²) in [6.45, 7) is 0. The monoisotopic (exact) mass is 382 g/mol. The summed E-state index contributed by atoms with van der Waals surface area (Å²) >= 11 is 0. The molecule has 1 aromatic carbocycles. The zero-order valence-corrected chi connectivity index (χ0v) is 16.4. The first-order chi connectivity index (χ1) is 11.9. The summed E-state index contributed by atoms with van der Waals surface area (Å²) in [5.41, 5.74) is 3.88. The summed E-state index contributed by atoms with van der Waals surface area (Å²) in [5.74, 6) is -0.543. The van der Waals surface area contributed by atoms with E-state index >= 15 is 0 Å². The van der Waals surface area contributed by atoms with Crippen molar-refractivity contribution in [1.82, 2.24) is 15.6 Å². The van der Waals surface area contributed by atoms with Gasteiger partial charge in [0.2, 0.25) is 5.09 Å². The SMILES string of the molecule is O=C(N/N=C/c1ccc(S(=O)(=O)[O-])o1)c1cc(-c2ccccc2)n[nH]1.[Na+]. The molecule has 26 heavy (non-hydrogen) atoms. The van der Waals surface area contributed by atoms with Crippen molar-refractivity contribution in [2.24, 2.45) is 5.10 Å². The molecule has 9 nitrogen and oxygen atoms in total. The predicted octanol–water partition coefficient (Wildman–Crippen LogP) is -1.66. The summed E-state index contributed by atoms with van der Waals surface area (Å²) in [4.78, 5) is 12.0. The molecule has 0 saturated carbocycles. The molecule has 0 bridgehead atoms. The van der Waals surface area contributed by atoms with Gasteiger partial charge in [0, 0.05) is 5.56 Å². The number of hydrogen-bond acceptors (Lipinski definition) is 7. The second kappa shape index (κ2) is 8.43. The van der Waals surface area contributed by atoms with Crippen LogP contribution in [0.2, 0.25) is 0 Å². The van der Waals surface area contributed by atoms with Gasteiger partial charge in [0.15, 0.2) is 10.1 Å². The molecule has 0 radical (unpaired) electrons. The molecule has 0 aliphatic heterocycles. The predicted molar refractivity (Wildman–Crippen MR) is 85.8 cm³/mol. The first kappa shape index (κ1) is 20.1. The number of aromatic amines is 1. The van der Waals surface area contributed by atoms with E-state index in [2.05, 4.69) is 20.7 Å². The van der Waals surface area contributed by atoms with Gasteiger partial charge in [0.25, 0.3) is 5.91 Å². The third-order valence-electron chi connectivity index (χ3n) is 3.10. The van der Waals surface area contributed by atoms with Gasteiger partial charge < -0.3 is 8.97 Å². The smallest absolute Gasteiger partial charge is 0.742 e. The molecule has 2 aromatic heterocycles. The number of furan rings is 1. The van der Waals surface area contributed by atoms with Crippen molar-refractivity contribution in [1.29, 1.82) is 0 Å². The van der Waals surface area contributed by atoms with E-state index in [4.69, 9.17) is 4.42 Å². The first-order valence-electron chi connectivity index (χ1n) is 6.93. The summed E-state index contributed by atoms with van der Waals surface area (Å²) in [6.07, 6.45) is 1.07. The number of hydrazone groups is 1. The van der Waals surface area contributed by atoms with Crippen molar-refractivity contribution < 1.29 is 51.7 Å². The molecule has 0 fully saturated rings. The number of aromatic nitrogens is 2. The summed E-state index contributed by atoms with van der Waals surface area (Å²) in [5, 5.41) is 9.55. The Hall–Kier alpha value is -2.24. The van der Waals surface area contributed by atoms with Gasteiger partial charge in [-0.1, -0.05) is 30.3 Å². The van der Waals surface area contributed by atoms with E-state index in [-0.39, 0.29) is 41.0 Å². The van der Waals surface area contributed by atoms with Crippen molar-refractivity contribution >= 4 is 22.2 Å². The summed E-state index contributed by atoms with van der Waals surface area (Å²) in [7, 11) is -4.67. The van der Waals surface area contributed by atoms with Crippen LogP contribution >= 0.6 is 0 Å². The molecule has 128 valence electrons. The van der Waals surface area contributed by atoms with Crippen LogP contribution in [0.1, 0.15) is 16.2 Å². The molecule has 11 heteroatoms. The van der Waals surface area contributed by atoms with E-state index in [1.807, 2.05) is 30.3 Å². The van der Waals surface area contributed by atoms with Crippen LogP contribution in [0.25, 0.3) is 11.3 Å². The molecule has 0 aliphatic rings. The largest absolute Gasteiger partial charge is 1.00 e. The molecule has 0 aliphatic carbocycles. The molecule has 2 heterocycles. The second-order valence-corrected chi connectivity index (χ2v) is 6.15. The Balaban J connectivity index is 0.00000243. The average molecular weight is 382 g/mol. The molecular formula is C15H11N4NaO5S. The maximum absolute atomic E-state index is 12.0. The fourth-order valence-electron chi connectivity index (χ4n) is 1.95. The second-order valence-electron chi connectivity index (χ2n) is 4.84. The van der Waals surface area contributed by atoms with Gasteiger partial charge in [-0.25, -0.2) is 13.8 Å². The maximum atomic E-state index is 12.0. The van der Waals surface area contributed by atoms with E-state index in [1.54, 1.807) is 6.07 Å². The van der Waals surface area contributed by atoms with Gasteiger partial charge >= 0.3 is 29.6 Å². The standard InChI is InChI=1S/C15H12N4O5S.Na/c20-15(13-8-12(17-18-13)10-4-2-1-3-5-10)19-16-9-11-6-7-14(24-11)25(21,22)23;/h1-9H,(H,17,18)(H,19,20)(H,21,22,23);/q;+1/p-1/b16-9+;. The molecule has 0 unspecified atom stereocenters. The van der Waals surface area contributed by atoms with Crippen molar-refractivity contribution in [2.45, 2.75) is 5.09 Å². The fourth-order valence-corrected chi connectivity index (χ4v) is 2.38. The van der Waals surface area contributed by atoms with Crippen LogP contribution in [-0.4, -0.2) is 35.3 Å². The minimum Gasteiger partial charge on any atom is -0.742 e. The number of nitrogens with zero attached hydrogens (tertiary/aromatic N) is 2. The molecule has 0 spiro atoms. The number of rotatable bonds is 5. The van der Waals surface area contributed by atoms with Gasteiger partial charge in [0.05, 0.1) is 11.9 Å². The van der Waals surface area contributed by atoms with Crippen LogP contribution in [0.4, 0.5) is 0 Å². The van der Waals surface area contributed by atoms with E-state index in [9.17, 15) is 17.8 Å². The van der Waals surface area contributed by atoms with E-state index in [0.717, 1.165) is 17.8 Å². The molecule has 3 rings (SSSR count). The summed E-state index contributed by atoms with van der Waals surface area (Å²) < 4.78 is 37.1. The zero-order chi connectivity index (χ0) is 17.9. The third kappa shape index (κ3) is 4.90. The Morgan fingerprint density at radius 3 is 2.62 bits per heavy atom. The van der Waals surface area contributed by atoms with Crippen molar-refractivity contribution in [3.63, 3.8) is 0 Å². The molecule has 2 N–H and O–H groups in total. The molecular weight excluding hydrogens is 371 g/mol. The van der Waals surface area contributed by atoms with Gasteiger partial charge in [-0.15, -0.1) is 0 Å².